The van der Waals surface area contributed by atoms with Gasteiger partial charge in [0.05, 0.1) is 12.7 Å². The minimum Gasteiger partial charge on any atom is -0.395 e. The molecule has 1 fully saturated rings. The van der Waals surface area contributed by atoms with Gasteiger partial charge >= 0.3 is 0 Å². The maximum absolute atomic E-state index is 9.36. The van der Waals surface area contributed by atoms with Crippen LogP contribution in [-0.4, -0.2) is 47.0 Å². The summed E-state index contributed by atoms with van der Waals surface area (Å²) in [6.07, 6.45) is 2.51. The highest BCUT2D eigenvalue weighted by molar-refractivity contribution is 4.80. The molecular formula is C9H19NO2. The van der Waals surface area contributed by atoms with E-state index in [1.54, 1.807) is 0 Å². The Kier molecular flexibility index (Phi) is 3.98. The summed E-state index contributed by atoms with van der Waals surface area (Å²) < 4.78 is 0. The predicted octanol–water partition coefficient (Wildman–Crippen LogP) is 0.214. The molecule has 0 amide bonds. The van der Waals surface area contributed by atoms with Crippen molar-refractivity contribution in [1.82, 2.24) is 4.90 Å². The largest absolute Gasteiger partial charge is 0.395 e. The predicted molar refractivity (Wildman–Crippen MR) is 48.0 cm³/mol. The molecule has 3 heteroatoms. The fourth-order valence-electron chi connectivity index (χ4n) is 1.85. The number of hydrogen-bond donors (Lipinski definition) is 2. The lowest BCUT2D eigenvalue weighted by Gasteiger charge is -2.36. The Morgan fingerprint density at radius 2 is 2.25 bits per heavy atom. The highest BCUT2D eigenvalue weighted by Gasteiger charge is 2.25. The molecular weight excluding hydrogens is 154 g/mol. The van der Waals surface area contributed by atoms with Crippen molar-refractivity contribution in [3.05, 3.63) is 0 Å². The summed E-state index contributed by atoms with van der Waals surface area (Å²) in [6.45, 7) is 4.29. The highest BCUT2D eigenvalue weighted by Crippen LogP contribution is 2.17. The molecule has 0 aliphatic carbocycles. The molecule has 0 saturated carbocycles. The van der Waals surface area contributed by atoms with Crippen LogP contribution in [0.25, 0.3) is 0 Å². The van der Waals surface area contributed by atoms with Crippen molar-refractivity contribution in [2.45, 2.75) is 38.3 Å². The van der Waals surface area contributed by atoms with Gasteiger partial charge in [-0.15, -0.1) is 0 Å². The molecule has 72 valence electrons. The third kappa shape index (κ3) is 2.44. The van der Waals surface area contributed by atoms with E-state index in [-0.39, 0.29) is 18.8 Å². The van der Waals surface area contributed by atoms with Crippen LogP contribution in [0.4, 0.5) is 0 Å². The molecule has 1 aliphatic rings. The summed E-state index contributed by atoms with van der Waals surface area (Å²) in [5.74, 6) is 0. The normalized spacial score (nSPS) is 32.2. The Balaban J connectivity index is 2.39. The Labute approximate surface area is 74.0 Å². The van der Waals surface area contributed by atoms with Crippen LogP contribution in [-0.2, 0) is 0 Å². The van der Waals surface area contributed by atoms with Crippen LogP contribution in [0.15, 0.2) is 0 Å². The molecule has 1 rings (SSSR count). The summed E-state index contributed by atoms with van der Waals surface area (Å²) in [5.41, 5.74) is 0. The number of nitrogens with zero attached hydrogens (tertiary/aromatic N) is 1. The van der Waals surface area contributed by atoms with Gasteiger partial charge in [0.25, 0.3) is 0 Å². The van der Waals surface area contributed by atoms with E-state index in [9.17, 15) is 5.11 Å². The number of aliphatic hydroxyl groups is 2. The average Bonchev–Trinajstić information content (AvgIpc) is 2.08. The second-order valence-corrected chi connectivity index (χ2v) is 3.55. The molecule has 0 spiro atoms. The van der Waals surface area contributed by atoms with Crippen LogP contribution in [0.3, 0.4) is 0 Å². The molecule has 1 heterocycles. The minimum absolute atomic E-state index is 0.178. The number of piperidine rings is 1. The van der Waals surface area contributed by atoms with Gasteiger partial charge in [-0.2, -0.15) is 0 Å². The van der Waals surface area contributed by atoms with Crippen LogP contribution in [0, 0.1) is 0 Å². The third-order valence-electron chi connectivity index (χ3n) is 2.53. The summed E-state index contributed by atoms with van der Waals surface area (Å²) >= 11 is 0. The Hall–Kier alpha value is -0.120. The van der Waals surface area contributed by atoms with Crippen LogP contribution in [0.5, 0.6) is 0 Å². The first-order chi connectivity index (χ1) is 5.77. The molecule has 0 bridgehead atoms. The second kappa shape index (κ2) is 4.80. The SMILES string of the molecule is CCCN1CCC(O)CC1CO. The molecule has 3 nitrogen and oxygen atoms in total. The van der Waals surface area contributed by atoms with E-state index in [0.717, 1.165) is 32.4 Å². The lowest BCUT2D eigenvalue weighted by molar-refractivity contribution is 0.0172. The molecule has 0 aromatic heterocycles. The second-order valence-electron chi connectivity index (χ2n) is 3.55. The zero-order chi connectivity index (χ0) is 8.97. The number of likely N-dealkylation sites (tertiary alicyclic amines) is 1. The van der Waals surface area contributed by atoms with Crippen molar-refractivity contribution in [3.63, 3.8) is 0 Å². The molecule has 0 radical (unpaired) electrons. The van der Waals surface area contributed by atoms with Crippen LogP contribution in [0.1, 0.15) is 26.2 Å². The first kappa shape index (κ1) is 9.96. The number of aliphatic hydroxyl groups excluding tert-OH is 2. The van der Waals surface area contributed by atoms with E-state index in [4.69, 9.17) is 5.11 Å². The molecule has 0 aromatic carbocycles. The fraction of sp³-hybridized carbons (Fsp3) is 1.00. The first-order valence-electron chi connectivity index (χ1n) is 4.81. The first-order valence-corrected chi connectivity index (χ1v) is 4.81. The quantitative estimate of drug-likeness (QED) is 0.641. The van der Waals surface area contributed by atoms with E-state index < -0.39 is 0 Å². The average molecular weight is 173 g/mol. The van der Waals surface area contributed by atoms with Gasteiger partial charge in [0.2, 0.25) is 0 Å². The lowest BCUT2D eigenvalue weighted by atomic mass is 10.00. The summed E-state index contributed by atoms with van der Waals surface area (Å²) in [5, 5.41) is 18.4. The molecule has 1 saturated heterocycles. The van der Waals surface area contributed by atoms with Crippen LogP contribution < -0.4 is 0 Å². The van der Waals surface area contributed by atoms with Crippen molar-refractivity contribution >= 4 is 0 Å². The summed E-state index contributed by atoms with van der Waals surface area (Å²) in [6, 6.07) is 0.189. The monoisotopic (exact) mass is 173 g/mol. The van der Waals surface area contributed by atoms with Gasteiger partial charge in [-0.05, 0) is 25.8 Å². The lowest BCUT2D eigenvalue weighted by Crippen LogP contribution is -2.46. The molecule has 0 aromatic rings. The van der Waals surface area contributed by atoms with Crippen molar-refractivity contribution in [2.75, 3.05) is 19.7 Å². The van der Waals surface area contributed by atoms with Gasteiger partial charge in [0.15, 0.2) is 0 Å². The van der Waals surface area contributed by atoms with Gasteiger partial charge in [0, 0.05) is 12.6 Å². The van der Waals surface area contributed by atoms with E-state index in [2.05, 4.69) is 11.8 Å². The van der Waals surface area contributed by atoms with Gasteiger partial charge in [-0.25, -0.2) is 0 Å². The van der Waals surface area contributed by atoms with Gasteiger partial charge in [-0.3, -0.25) is 4.90 Å². The maximum atomic E-state index is 9.36. The Morgan fingerprint density at radius 3 is 2.83 bits per heavy atom. The summed E-state index contributed by atoms with van der Waals surface area (Å²) in [4.78, 5) is 2.27. The maximum Gasteiger partial charge on any atom is 0.0587 e. The van der Waals surface area contributed by atoms with Crippen LogP contribution >= 0.6 is 0 Å². The van der Waals surface area contributed by atoms with Gasteiger partial charge in [0.1, 0.15) is 0 Å². The number of rotatable bonds is 3. The Bertz CT molecular complexity index is 130. The van der Waals surface area contributed by atoms with E-state index in [1.807, 2.05) is 0 Å². The van der Waals surface area contributed by atoms with E-state index in [0.29, 0.717) is 0 Å². The smallest absolute Gasteiger partial charge is 0.0587 e. The van der Waals surface area contributed by atoms with Gasteiger partial charge in [-0.1, -0.05) is 6.92 Å². The molecule has 12 heavy (non-hydrogen) atoms. The zero-order valence-corrected chi connectivity index (χ0v) is 7.74. The van der Waals surface area contributed by atoms with Crippen LogP contribution in [0.2, 0.25) is 0 Å². The van der Waals surface area contributed by atoms with Crippen molar-refractivity contribution in [2.24, 2.45) is 0 Å². The molecule has 2 atom stereocenters. The topological polar surface area (TPSA) is 43.7 Å². The van der Waals surface area contributed by atoms with E-state index >= 15 is 0 Å². The molecule has 2 N–H and O–H groups in total. The summed E-state index contributed by atoms with van der Waals surface area (Å²) in [7, 11) is 0. The van der Waals surface area contributed by atoms with Crippen molar-refractivity contribution in [1.29, 1.82) is 0 Å². The Morgan fingerprint density at radius 1 is 1.50 bits per heavy atom. The van der Waals surface area contributed by atoms with Crippen molar-refractivity contribution < 1.29 is 10.2 Å². The molecule has 1 aliphatic heterocycles. The van der Waals surface area contributed by atoms with Crippen molar-refractivity contribution in [3.8, 4) is 0 Å². The molecule has 2 unspecified atom stereocenters. The minimum atomic E-state index is -0.199. The fourth-order valence-corrected chi connectivity index (χ4v) is 1.85. The van der Waals surface area contributed by atoms with E-state index in [1.165, 1.54) is 0 Å². The standard InChI is InChI=1S/C9H19NO2/c1-2-4-10-5-3-9(12)6-8(10)7-11/h8-9,11-12H,2-7H2,1H3. The third-order valence-corrected chi connectivity index (χ3v) is 2.53. The zero-order valence-electron chi connectivity index (χ0n) is 7.74. The number of hydrogen-bond acceptors (Lipinski definition) is 3. The van der Waals surface area contributed by atoms with Gasteiger partial charge < -0.3 is 10.2 Å². The highest BCUT2D eigenvalue weighted by atomic mass is 16.3.